The average Bonchev–Trinajstić information content (AvgIpc) is 2.39. The molecule has 0 aliphatic heterocycles. The number of nitrogen functional groups attached to an aromatic ring is 1. The molecule has 0 aliphatic rings. The van der Waals surface area contributed by atoms with E-state index in [1.54, 1.807) is 18.2 Å². The lowest BCUT2D eigenvalue weighted by molar-refractivity contribution is 0.0495. The zero-order valence-electron chi connectivity index (χ0n) is 11.8. The molecule has 2 N–H and O–H groups in total. The van der Waals surface area contributed by atoms with Crippen molar-refractivity contribution in [1.29, 1.82) is 0 Å². The van der Waals surface area contributed by atoms with Gasteiger partial charge in [0.05, 0.1) is 13.2 Å². The summed E-state index contributed by atoms with van der Waals surface area (Å²) in [4.78, 5) is 11.9. The first kappa shape index (κ1) is 15.3. The highest BCUT2D eigenvalue weighted by Gasteiger charge is 2.14. The summed E-state index contributed by atoms with van der Waals surface area (Å²) in [5, 5.41) is 0. The molecule has 0 spiro atoms. The van der Waals surface area contributed by atoms with Crippen LogP contribution in [0.3, 0.4) is 0 Å². The Morgan fingerprint density at radius 1 is 1.16 bits per heavy atom. The van der Waals surface area contributed by atoms with E-state index in [1.807, 2.05) is 0 Å². The van der Waals surface area contributed by atoms with Gasteiger partial charge in [-0.3, -0.25) is 0 Å². The molecule has 0 aromatic heterocycles. The SMILES string of the molecule is CCCCOC(=O)c1ccc(N)cc1OCCCC. The second kappa shape index (κ2) is 8.40. The Hall–Kier alpha value is -1.71. The number of hydrogen-bond acceptors (Lipinski definition) is 4. The zero-order chi connectivity index (χ0) is 14.1. The van der Waals surface area contributed by atoms with Crippen LogP contribution in [0, 0.1) is 0 Å². The van der Waals surface area contributed by atoms with Gasteiger partial charge in [-0.15, -0.1) is 0 Å². The van der Waals surface area contributed by atoms with Crippen LogP contribution in [0.5, 0.6) is 5.75 Å². The van der Waals surface area contributed by atoms with E-state index in [9.17, 15) is 4.79 Å². The summed E-state index contributed by atoms with van der Waals surface area (Å²) < 4.78 is 10.8. The standard InChI is InChI=1S/C15H23NO3/c1-3-5-9-18-14-11-12(16)7-8-13(14)15(17)19-10-6-4-2/h7-8,11H,3-6,9-10,16H2,1-2H3. The monoisotopic (exact) mass is 265 g/mol. The summed E-state index contributed by atoms with van der Waals surface area (Å²) in [6.45, 7) is 5.16. The fraction of sp³-hybridized carbons (Fsp3) is 0.533. The topological polar surface area (TPSA) is 61.5 Å². The van der Waals surface area contributed by atoms with Gasteiger partial charge in [0.2, 0.25) is 0 Å². The number of nitrogens with two attached hydrogens (primary N) is 1. The first-order chi connectivity index (χ1) is 9.19. The largest absolute Gasteiger partial charge is 0.493 e. The Morgan fingerprint density at radius 3 is 2.53 bits per heavy atom. The van der Waals surface area contributed by atoms with Crippen molar-refractivity contribution in [3.8, 4) is 5.75 Å². The van der Waals surface area contributed by atoms with E-state index in [-0.39, 0.29) is 5.97 Å². The summed E-state index contributed by atoms with van der Waals surface area (Å²) in [5.74, 6) is 0.162. The Bertz CT molecular complexity index is 404. The molecule has 0 saturated carbocycles. The summed E-state index contributed by atoms with van der Waals surface area (Å²) >= 11 is 0. The van der Waals surface area contributed by atoms with Crippen molar-refractivity contribution >= 4 is 11.7 Å². The maximum Gasteiger partial charge on any atom is 0.341 e. The van der Waals surface area contributed by atoms with Gasteiger partial charge in [-0.25, -0.2) is 4.79 Å². The van der Waals surface area contributed by atoms with Crippen molar-refractivity contribution in [3.63, 3.8) is 0 Å². The van der Waals surface area contributed by atoms with E-state index in [0.29, 0.717) is 30.2 Å². The predicted molar refractivity (Wildman–Crippen MR) is 76.4 cm³/mol. The maximum absolute atomic E-state index is 11.9. The van der Waals surface area contributed by atoms with Gasteiger partial charge in [-0.2, -0.15) is 0 Å². The summed E-state index contributed by atoms with van der Waals surface area (Å²) in [5.41, 5.74) is 6.75. The molecule has 106 valence electrons. The van der Waals surface area contributed by atoms with Crippen LogP contribution in [0.25, 0.3) is 0 Å². The van der Waals surface area contributed by atoms with Crippen LogP contribution in [0.2, 0.25) is 0 Å². The maximum atomic E-state index is 11.9. The second-order valence-corrected chi connectivity index (χ2v) is 4.45. The minimum Gasteiger partial charge on any atom is -0.493 e. The molecular formula is C15H23NO3. The average molecular weight is 265 g/mol. The molecule has 0 aliphatic carbocycles. The van der Waals surface area contributed by atoms with Crippen LogP contribution in [0.1, 0.15) is 49.9 Å². The highest BCUT2D eigenvalue weighted by Crippen LogP contribution is 2.23. The summed E-state index contributed by atoms with van der Waals surface area (Å²) in [7, 11) is 0. The molecule has 4 nitrogen and oxygen atoms in total. The summed E-state index contributed by atoms with van der Waals surface area (Å²) in [6.07, 6.45) is 3.85. The van der Waals surface area contributed by atoms with Crippen molar-refractivity contribution in [2.75, 3.05) is 18.9 Å². The van der Waals surface area contributed by atoms with Gasteiger partial charge in [-0.1, -0.05) is 26.7 Å². The Morgan fingerprint density at radius 2 is 1.84 bits per heavy atom. The van der Waals surface area contributed by atoms with E-state index in [2.05, 4.69) is 13.8 Å². The van der Waals surface area contributed by atoms with Crippen LogP contribution in [0.15, 0.2) is 18.2 Å². The molecule has 0 fully saturated rings. The number of esters is 1. The van der Waals surface area contributed by atoms with Crippen molar-refractivity contribution in [3.05, 3.63) is 23.8 Å². The van der Waals surface area contributed by atoms with E-state index < -0.39 is 0 Å². The lowest BCUT2D eigenvalue weighted by atomic mass is 10.2. The second-order valence-electron chi connectivity index (χ2n) is 4.45. The molecule has 1 aromatic carbocycles. The minimum atomic E-state index is -0.347. The number of carbonyl (C=O) groups is 1. The van der Waals surface area contributed by atoms with Crippen LogP contribution in [0.4, 0.5) is 5.69 Å². The van der Waals surface area contributed by atoms with E-state index in [1.165, 1.54) is 0 Å². The summed E-state index contributed by atoms with van der Waals surface area (Å²) in [6, 6.07) is 5.01. The van der Waals surface area contributed by atoms with E-state index in [4.69, 9.17) is 15.2 Å². The predicted octanol–water partition coefficient (Wildman–Crippen LogP) is 3.40. The molecule has 0 saturated heterocycles. The van der Waals surface area contributed by atoms with Gasteiger partial charge in [0, 0.05) is 11.8 Å². The van der Waals surface area contributed by atoms with Crippen molar-refractivity contribution in [2.24, 2.45) is 0 Å². The van der Waals surface area contributed by atoms with E-state index in [0.717, 1.165) is 25.7 Å². The Balaban J connectivity index is 2.71. The third-order valence-electron chi connectivity index (χ3n) is 2.71. The fourth-order valence-corrected chi connectivity index (χ4v) is 1.54. The lowest BCUT2D eigenvalue weighted by Gasteiger charge is -2.11. The lowest BCUT2D eigenvalue weighted by Crippen LogP contribution is -2.10. The first-order valence-electron chi connectivity index (χ1n) is 6.88. The molecule has 0 radical (unpaired) electrons. The number of hydrogen-bond donors (Lipinski definition) is 1. The van der Waals surface area contributed by atoms with E-state index >= 15 is 0 Å². The fourth-order valence-electron chi connectivity index (χ4n) is 1.54. The highest BCUT2D eigenvalue weighted by molar-refractivity contribution is 5.93. The van der Waals surface area contributed by atoms with Gasteiger partial charge in [0.15, 0.2) is 0 Å². The molecule has 0 unspecified atom stereocenters. The minimum absolute atomic E-state index is 0.347. The van der Waals surface area contributed by atoms with Crippen molar-refractivity contribution in [1.82, 2.24) is 0 Å². The highest BCUT2D eigenvalue weighted by atomic mass is 16.5. The Kier molecular flexibility index (Phi) is 6.79. The quantitative estimate of drug-likeness (QED) is 0.444. The van der Waals surface area contributed by atoms with Crippen LogP contribution in [-0.2, 0) is 4.74 Å². The zero-order valence-corrected chi connectivity index (χ0v) is 11.8. The molecule has 19 heavy (non-hydrogen) atoms. The number of benzene rings is 1. The third kappa shape index (κ3) is 5.20. The normalized spacial score (nSPS) is 10.2. The number of ether oxygens (including phenoxy) is 2. The van der Waals surface area contributed by atoms with Crippen LogP contribution >= 0.6 is 0 Å². The first-order valence-corrected chi connectivity index (χ1v) is 6.88. The molecule has 1 rings (SSSR count). The molecule has 0 bridgehead atoms. The molecule has 1 aromatic rings. The number of carbonyl (C=O) groups excluding carboxylic acids is 1. The molecule has 4 heteroatoms. The van der Waals surface area contributed by atoms with Crippen LogP contribution in [-0.4, -0.2) is 19.2 Å². The Labute approximate surface area is 114 Å². The number of anilines is 1. The molecular weight excluding hydrogens is 242 g/mol. The van der Waals surface area contributed by atoms with Crippen LogP contribution < -0.4 is 10.5 Å². The smallest absolute Gasteiger partial charge is 0.341 e. The number of rotatable bonds is 8. The molecule has 0 heterocycles. The molecule has 0 atom stereocenters. The van der Waals surface area contributed by atoms with Gasteiger partial charge >= 0.3 is 5.97 Å². The van der Waals surface area contributed by atoms with Crippen molar-refractivity contribution in [2.45, 2.75) is 39.5 Å². The van der Waals surface area contributed by atoms with Gasteiger partial charge in [0.25, 0.3) is 0 Å². The van der Waals surface area contributed by atoms with Gasteiger partial charge < -0.3 is 15.2 Å². The van der Waals surface area contributed by atoms with Gasteiger partial charge in [-0.05, 0) is 25.0 Å². The van der Waals surface area contributed by atoms with Gasteiger partial charge in [0.1, 0.15) is 11.3 Å². The van der Waals surface area contributed by atoms with Crippen molar-refractivity contribution < 1.29 is 14.3 Å². The number of unbranched alkanes of at least 4 members (excludes halogenated alkanes) is 2. The molecule has 0 amide bonds. The third-order valence-corrected chi connectivity index (χ3v) is 2.71.